The first-order chi connectivity index (χ1) is 28.2. The summed E-state index contributed by atoms with van der Waals surface area (Å²) in [6, 6.07) is 73.5. The van der Waals surface area contributed by atoms with Crippen LogP contribution in [0.25, 0.3) is 95.4 Å². The van der Waals surface area contributed by atoms with E-state index in [1.807, 2.05) is 66.7 Å². The molecule has 268 valence electrons. The van der Waals surface area contributed by atoms with Gasteiger partial charge in [-0.3, -0.25) is 0 Å². The monoisotopic (exact) mass is 729 g/mol. The van der Waals surface area contributed by atoms with Gasteiger partial charge in [0.1, 0.15) is 5.69 Å². The lowest BCUT2D eigenvalue weighted by molar-refractivity contribution is 0.915. The van der Waals surface area contributed by atoms with Crippen molar-refractivity contribution in [1.82, 2.24) is 24.7 Å². The average Bonchev–Trinajstić information content (AvgIpc) is 3.69. The number of hydrogen-bond acceptors (Lipinski definition) is 4. The SMILES string of the molecule is c1ccc(-c2ccc3c(c2)c(-c2cccc(-c4cccc(-c5cccc(-c6nc(-c7ccccc7)nc(-c7ccccc7)n6)c5)c4)c2)nn3-c2ccccc2)cc1. The summed E-state index contributed by atoms with van der Waals surface area (Å²) in [6.45, 7) is 0. The molecular formula is C52H35N5. The number of benzene rings is 8. The van der Waals surface area contributed by atoms with Gasteiger partial charge in [0.25, 0.3) is 0 Å². The molecule has 0 aliphatic carbocycles. The van der Waals surface area contributed by atoms with Gasteiger partial charge in [0, 0.05) is 27.6 Å². The van der Waals surface area contributed by atoms with E-state index in [0.29, 0.717) is 17.5 Å². The predicted octanol–water partition coefficient (Wildman–Crippen LogP) is 12.9. The molecule has 5 nitrogen and oxygen atoms in total. The lowest BCUT2D eigenvalue weighted by atomic mass is 9.96. The molecule has 0 N–H and O–H groups in total. The zero-order chi connectivity index (χ0) is 38.0. The molecule has 10 aromatic rings. The van der Waals surface area contributed by atoms with Crippen LogP contribution in [-0.2, 0) is 0 Å². The van der Waals surface area contributed by atoms with Crippen LogP contribution in [0.15, 0.2) is 212 Å². The summed E-state index contributed by atoms with van der Waals surface area (Å²) in [5.41, 5.74) is 13.7. The van der Waals surface area contributed by atoms with Crippen molar-refractivity contribution in [3.8, 4) is 84.5 Å². The molecular weight excluding hydrogens is 695 g/mol. The van der Waals surface area contributed by atoms with Crippen molar-refractivity contribution in [2.45, 2.75) is 0 Å². The van der Waals surface area contributed by atoms with Crippen LogP contribution in [0.4, 0.5) is 0 Å². The van der Waals surface area contributed by atoms with Crippen molar-refractivity contribution in [2.75, 3.05) is 0 Å². The third-order valence-corrected chi connectivity index (χ3v) is 10.3. The van der Waals surface area contributed by atoms with Gasteiger partial charge < -0.3 is 0 Å². The second kappa shape index (κ2) is 14.8. The lowest BCUT2D eigenvalue weighted by Gasteiger charge is -2.11. The minimum absolute atomic E-state index is 0.631. The molecule has 0 aliphatic heterocycles. The van der Waals surface area contributed by atoms with Crippen molar-refractivity contribution in [1.29, 1.82) is 0 Å². The molecule has 0 saturated heterocycles. The predicted molar refractivity (Wildman–Crippen MR) is 233 cm³/mol. The van der Waals surface area contributed by atoms with Gasteiger partial charge in [0.05, 0.1) is 11.2 Å². The van der Waals surface area contributed by atoms with Crippen molar-refractivity contribution in [2.24, 2.45) is 0 Å². The van der Waals surface area contributed by atoms with E-state index in [1.165, 1.54) is 5.56 Å². The minimum Gasteiger partial charge on any atom is -0.232 e. The van der Waals surface area contributed by atoms with Crippen molar-refractivity contribution < 1.29 is 0 Å². The summed E-state index contributed by atoms with van der Waals surface area (Å²) < 4.78 is 2.05. The first kappa shape index (κ1) is 33.8. The van der Waals surface area contributed by atoms with Gasteiger partial charge in [-0.15, -0.1) is 0 Å². The summed E-state index contributed by atoms with van der Waals surface area (Å²) in [6.07, 6.45) is 0. The van der Waals surface area contributed by atoms with E-state index in [4.69, 9.17) is 20.1 Å². The topological polar surface area (TPSA) is 56.5 Å². The van der Waals surface area contributed by atoms with Crippen LogP contribution in [0.2, 0.25) is 0 Å². The number of para-hydroxylation sites is 1. The number of hydrogen-bond donors (Lipinski definition) is 0. The molecule has 10 rings (SSSR count). The Morgan fingerprint density at radius 2 is 0.667 bits per heavy atom. The van der Waals surface area contributed by atoms with E-state index < -0.39 is 0 Å². The van der Waals surface area contributed by atoms with Crippen LogP contribution >= 0.6 is 0 Å². The van der Waals surface area contributed by atoms with Crippen LogP contribution in [0, 0.1) is 0 Å². The molecule has 0 aliphatic rings. The Labute approximate surface area is 331 Å². The molecule has 57 heavy (non-hydrogen) atoms. The Morgan fingerprint density at radius 3 is 1.21 bits per heavy atom. The van der Waals surface area contributed by atoms with Crippen LogP contribution in [-0.4, -0.2) is 24.7 Å². The largest absolute Gasteiger partial charge is 0.232 e. The van der Waals surface area contributed by atoms with Gasteiger partial charge in [0.15, 0.2) is 17.5 Å². The molecule has 0 radical (unpaired) electrons. The number of nitrogens with zero attached hydrogens (tertiary/aromatic N) is 5. The molecule has 2 heterocycles. The zero-order valence-corrected chi connectivity index (χ0v) is 30.9. The van der Waals surface area contributed by atoms with Crippen LogP contribution in [0.3, 0.4) is 0 Å². The third kappa shape index (κ3) is 6.79. The van der Waals surface area contributed by atoms with Crippen LogP contribution in [0.5, 0.6) is 0 Å². The number of aromatic nitrogens is 5. The van der Waals surface area contributed by atoms with Crippen molar-refractivity contribution >= 4 is 10.9 Å². The maximum absolute atomic E-state index is 5.25. The molecule has 0 spiro atoms. The zero-order valence-electron chi connectivity index (χ0n) is 30.9. The van der Waals surface area contributed by atoms with Gasteiger partial charge in [-0.1, -0.05) is 170 Å². The van der Waals surface area contributed by atoms with E-state index in [0.717, 1.165) is 72.4 Å². The summed E-state index contributed by atoms with van der Waals surface area (Å²) in [7, 11) is 0. The highest BCUT2D eigenvalue weighted by Gasteiger charge is 2.17. The molecule has 0 bridgehead atoms. The second-order valence-corrected chi connectivity index (χ2v) is 14.0. The molecule has 0 atom stereocenters. The van der Waals surface area contributed by atoms with E-state index in [2.05, 4.69) is 150 Å². The van der Waals surface area contributed by atoms with Crippen molar-refractivity contribution in [3.05, 3.63) is 212 Å². The lowest BCUT2D eigenvalue weighted by Crippen LogP contribution is -2.00. The fourth-order valence-corrected chi connectivity index (χ4v) is 7.41. The van der Waals surface area contributed by atoms with E-state index in [-0.39, 0.29) is 0 Å². The molecule has 0 fully saturated rings. The molecule has 2 aromatic heterocycles. The van der Waals surface area contributed by atoms with Gasteiger partial charge >= 0.3 is 0 Å². The fraction of sp³-hybridized carbons (Fsp3) is 0. The van der Waals surface area contributed by atoms with Gasteiger partial charge in [-0.2, -0.15) is 5.10 Å². The normalized spacial score (nSPS) is 11.2. The fourth-order valence-electron chi connectivity index (χ4n) is 7.41. The number of fused-ring (bicyclic) bond motifs is 1. The quantitative estimate of drug-likeness (QED) is 0.156. The number of rotatable bonds is 8. The highest BCUT2D eigenvalue weighted by molar-refractivity contribution is 5.97. The Kier molecular flexibility index (Phi) is 8.78. The Hall–Kier alpha value is -7.76. The first-order valence-electron chi connectivity index (χ1n) is 19.1. The van der Waals surface area contributed by atoms with Gasteiger partial charge in [0.2, 0.25) is 0 Å². The Morgan fingerprint density at radius 1 is 0.281 bits per heavy atom. The maximum Gasteiger partial charge on any atom is 0.164 e. The minimum atomic E-state index is 0.631. The third-order valence-electron chi connectivity index (χ3n) is 10.3. The van der Waals surface area contributed by atoms with Crippen LogP contribution < -0.4 is 0 Å². The average molecular weight is 730 g/mol. The Balaban J connectivity index is 1.03. The highest BCUT2D eigenvalue weighted by atomic mass is 15.3. The Bertz CT molecular complexity index is 2940. The summed E-state index contributed by atoms with van der Waals surface area (Å²) in [5.74, 6) is 1.92. The molecule has 0 saturated carbocycles. The molecule has 5 heteroatoms. The van der Waals surface area contributed by atoms with E-state index in [1.54, 1.807) is 0 Å². The van der Waals surface area contributed by atoms with Crippen LogP contribution in [0.1, 0.15) is 0 Å². The smallest absolute Gasteiger partial charge is 0.164 e. The second-order valence-electron chi connectivity index (χ2n) is 14.0. The summed E-state index contributed by atoms with van der Waals surface area (Å²) in [5, 5.41) is 6.36. The van der Waals surface area contributed by atoms with Gasteiger partial charge in [-0.25, -0.2) is 19.6 Å². The maximum atomic E-state index is 5.25. The highest BCUT2D eigenvalue weighted by Crippen LogP contribution is 2.36. The molecule has 0 amide bonds. The molecule has 8 aromatic carbocycles. The first-order valence-corrected chi connectivity index (χ1v) is 19.1. The summed E-state index contributed by atoms with van der Waals surface area (Å²) in [4.78, 5) is 14.8. The standard InChI is InChI=1S/C52H35N5/c1-5-16-36(17-6-1)43-30-31-48-47(35-43)49(56-57(48)46-28-11-4-12-29-46)44-26-14-24-41(33-44)39-22-13-23-40(32-39)42-25-15-27-45(34-42)52-54-50(37-18-7-2-8-19-37)53-51(55-52)38-20-9-3-10-21-38/h1-35H. The van der Waals surface area contributed by atoms with E-state index in [9.17, 15) is 0 Å². The van der Waals surface area contributed by atoms with Gasteiger partial charge in [-0.05, 0) is 75.8 Å². The van der Waals surface area contributed by atoms with Crippen molar-refractivity contribution in [3.63, 3.8) is 0 Å². The summed E-state index contributed by atoms with van der Waals surface area (Å²) >= 11 is 0. The molecule has 0 unspecified atom stereocenters. The van der Waals surface area contributed by atoms with E-state index >= 15 is 0 Å².